The lowest BCUT2D eigenvalue weighted by molar-refractivity contribution is -0.161. The van der Waals surface area contributed by atoms with Crippen LogP contribution in [-0.2, 0) is 23.4 Å². The summed E-state index contributed by atoms with van der Waals surface area (Å²) in [4.78, 5) is 11.4. The zero-order valence-corrected chi connectivity index (χ0v) is 19.9. The lowest BCUT2D eigenvalue weighted by Gasteiger charge is -2.41. The average molecular weight is 401 g/mol. The van der Waals surface area contributed by atoms with Crippen molar-refractivity contribution in [2.24, 2.45) is 0 Å². The van der Waals surface area contributed by atoms with Gasteiger partial charge >= 0.3 is 5.97 Å². The minimum Gasteiger partial charge on any atom is -0.469 e. The van der Waals surface area contributed by atoms with E-state index in [2.05, 4.69) is 47.7 Å². The molecule has 0 aromatic heterocycles. The molecule has 0 aromatic carbocycles. The van der Waals surface area contributed by atoms with Gasteiger partial charge in [0.05, 0.1) is 26.4 Å². The van der Waals surface area contributed by atoms with E-state index >= 15 is 0 Å². The van der Waals surface area contributed by atoms with Gasteiger partial charge in [0.15, 0.2) is 14.1 Å². The Kier molecular flexibility index (Phi) is 8.73. The highest BCUT2D eigenvalue weighted by molar-refractivity contribution is 6.74. The average Bonchev–Trinajstić information content (AvgIpc) is 2.96. The third-order valence-electron chi connectivity index (χ3n) is 5.96. The highest BCUT2D eigenvalue weighted by atomic mass is 28.4. The fourth-order valence-electron chi connectivity index (χ4n) is 2.96. The number of carbonyl (C=O) groups excluding carboxylic acids is 1. The highest BCUT2D eigenvalue weighted by Gasteiger charge is 2.42. The topological polar surface area (TPSA) is 54.0 Å². The van der Waals surface area contributed by atoms with E-state index in [-0.39, 0.29) is 17.1 Å². The summed E-state index contributed by atoms with van der Waals surface area (Å²) in [6.45, 7) is 18.8. The maximum Gasteiger partial charge on any atom is 0.305 e. The normalized spacial score (nSPS) is 19.6. The first-order chi connectivity index (χ1) is 12.3. The number of hydrogen-bond donors (Lipinski definition) is 0. The molecule has 6 heteroatoms. The number of allylic oxidation sites excluding steroid dienone is 1. The molecule has 0 unspecified atom stereocenters. The molecule has 0 N–H and O–H groups in total. The largest absolute Gasteiger partial charge is 0.469 e. The first-order valence-electron chi connectivity index (χ1n) is 9.97. The second-order valence-electron chi connectivity index (χ2n) is 9.38. The molecule has 5 nitrogen and oxygen atoms in total. The molecular weight excluding hydrogens is 360 g/mol. The van der Waals surface area contributed by atoms with Crippen LogP contribution >= 0.6 is 0 Å². The molecule has 0 aromatic rings. The van der Waals surface area contributed by atoms with Crippen LogP contribution < -0.4 is 0 Å². The summed E-state index contributed by atoms with van der Waals surface area (Å²) < 4.78 is 23.2. The van der Waals surface area contributed by atoms with Crippen molar-refractivity contribution in [3.8, 4) is 0 Å². The van der Waals surface area contributed by atoms with Gasteiger partial charge in [0, 0.05) is 12.8 Å². The molecule has 1 rings (SSSR count). The van der Waals surface area contributed by atoms with E-state index in [1.165, 1.54) is 18.3 Å². The Labute approximate surface area is 166 Å². The summed E-state index contributed by atoms with van der Waals surface area (Å²) in [6.07, 6.45) is 2.69. The third-order valence-corrected chi connectivity index (χ3v) is 10.5. The van der Waals surface area contributed by atoms with Crippen molar-refractivity contribution in [3.05, 3.63) is 11.1 Å². The van der Waals surface area contributed by atoms with Crippen LogP contribution in [0.2, 0.25) is 18.1 Å². The SMILES string of the molecule is COC(=O)CC/C(C)=C(\C)C[C@H](CC1(C)OCCO1)O[Si](C)(C)C(C)(C)C. The Bertz CT molecular complexity index is 527. The number of ether oxygens (including phenoxy) is 3. The van der Waals surface area contributed by atoms with Crippen molar-refractivity contribution in [2.45, 2.75) is 97.2 Å². The quantitative estimate of drug-likeness (QED) is 0.302. The summed E-state index contributed by atoms with van der Waals surface area (Å²) in [5.74, 6) is -0.746. The van der Waals surface area contributed by atoms with Gasteiger partial charge in [0.1, 0.15) is 0 Å². The van der Waals surface area contributed by atoms with Crippen molar-refractivity contribution >= 4 is 14.3 Å². The van der Waals surface area contributed by atoms with Crippen molar-refractivity contribution in [2.75, 3.05) is 20.3 Å². The molecule has 0 saturated carbocycles. The Morgan fingerprint density at radius 1 is 1.11 bits per heavy atom. The van der Waals surface area contributed by atoms with Crippen molar-refractivity contribution in [3.63, 3.8) is 0 Å². The minimum absolute atomic E-state index is 0.0297. The van der Waals surface area contributed by atoms with Gasteiger partial charge in [-0.25, -0.2) is 0 Å². The maximum absolute atomic E-state index is 11.4. The second-order valence-corrected chi connectivity index (χ2v) is 14.1. The van der Waals surface area contributed by atoms with Gasteiger partial charge in [-0.2, -0.15) is 0 Å². The second kappa shape index (κ2) is 9.68. The van der Waals surface area contributed by atoms with Crippen LogP contribution in [0.5, 0.6) is 0 Å². The summed E-state index contributed by atoms with van der Waals surface area (Å²) in [7, 11) is -0.494. The molecule has 1 fully saturated rings. The highest BCUT2D eigenvalue weighted by Crippen LogP contribution is 2.40. The maximum atomic E-state index is 11.4. The van der Waals surface area contributed by atoms with E-state index in [1.54, 1.807) is 0 Å². The van der Waals surface area contributed by atoms with Crippen LogP contribution in [0, 0.1) is 0 Å². The standard InChI is InChI=1S/C21H40O5Si/c1-16(10-11-19(22)23-7)17(2)14-18(15-21(6)24-12-13-25-21)26-27(8,9)20(3,4)5/h18H,10-15H2,1-9H3/b17-16+/t18-/m1/s1. The van der Waals surface area contributed by atoms with E-state index in [0.29, 0.717) is 26.1 Å². The first-order valence-corrected chi connectivity index (χ1v) is 12.9. The Morgan fingerprint density at radius 2 is 1.67 bits per heavy atom. The number of methoxy groups -OCH3 is 1. The third kappa shape index (κ3) is 7.68. The van der Waals surface area contributed by atoms with Crippen molar-refractivity contribution < 1.29 is 23.4 Å². The molecule has 1 heterocycles. The smallest absolute Gasteiger partial charge is 0.305 e. The van der Waals surface area contributed by atoms with Crippen LogP contribution in [0.1, 0.15) is 67.2 Å². The van der Waals surface area contributed by atoms with E-state index in [1.807, 2.05) is 6.92 Å². The van der Waals surface area contributed by atoms with Gasteiger partial charge in [-0.1, -0.05) is 31.9 Å². The number of esters is 1. The molecule has 1 atom stereocenters. The van der Waals surface area contributed by atoms with Gasteiger partial charge in [-0.3, -0.25) is 4.79 Å². The molecule has 158 valence electrons. The predicted molar refractivity (Wildman–Crippen MR) is 111 cm³/mol. The fraction of sp³-hybridized carbons (Fsp3) is 0.857. The van der Waals surface area contributed by atoms with Crippen molar-refractivity contribution in [1.29, 1.82) is 0 Å². The van der Waals surface area contributed by atoms with Gasteiger partial charge < -0.3 is 18.6 Å². The summed E-state index contributed by atoms with van der Waals surface area (Å²) in [5, 5.41) is 0.140. The van der Waals surface area contributed by atoms with Crippen LogP contribution in [0.4, 0.5) is 0 Å². The van der Waals surface area contributed by atoms with Crippen LogP contribution in [-0.4, -0.2) is 46.5 Å². The summed E-state index contributed by atoms with van der Waals surface area (Å²) in [5.41, 5.74) is 2.49. The molecule has 27 heavy (non-hydrogen) atoms. The Morgan fingerprint density at radius 3 is 2.15 bits per heavy atom. The van der Waals surface area contributed by atoms with Crippen LogP contribution in [0.25, 0.3) is 0 Å². The van der Waals surface area contributed by atoms with Crippen LogP contribution in [0.15, 0.2) is 11.1 Å². The summed E-state index contributed by atoms with van der Waals surface area (Å²) in [6, 6.07) is 0. The number of hydrogen-bond acceptors (Lipinski definition) is 5. The van der Waals surface area contributed by atoms with Gasteiger partial charge in [0.2, 0.25) is 0 Å². The number of rotatable bonds is 9. The Hall–Kier alpha value is -0.693. The van der Waals surface area contributed by atoms with Crippen LogP contribution in [0.3, 0.4) is 0 Å². The van der Waals surface area contributed by atoms with Gasteiger partial charge in [-0.05, 0) is 51.7 Å². The van der Waals surface area contributed by atoms with Gasteiger partial charge in [-0.15, -0.1) is 0 Å². The Balaban J connectivity index is 2.91. The molecule has 1 aliphatic heterocycles. The zero-order chi connectivity index (χ0) is 20.9. The molecule has 0 bridgehead atoms. The lowest BCUT2D eigenvalue weighted by Crippen LogP contribution is -2.46. The van der Waals surface area contributed by atoms with E-state index in [4.69, 9.17) is 18.6 Å². The van der Waals surface area contributed by atoms with E-state index in [9.17, 15) is 4.79 Å². The minimum atomic E-state index is -1.92. The number of carbonyl (C=O) groups is 1. The van der Waals surface area contributed by atoms with E-state index in [0.717, 1.165) is 12.8 Å². The summed E-state index contributed by atoms with van der Waals surface area (Å²) >= 11 is 0. The molecule has 1 aliphatic rings. The van der Waals surface area contributed by atoms with Crippen molar-refractivity contribution in [1.82, 2.24) is 0 Å². The zero-order valence-electron chi connectivity index (χ0n) is 18.9. The molecule has 0 amide bonds. The predicted octanol–water partition coefficient (Wildman–Crippen LogP) is 5.21. The molecule has 0 spiro atoms. The molecule has 0 aliphatic carbocycles. The first kappa shape index (κ1) is 24.3. The molecular formula is C21H40O5Si. The van der Waals surface area contributed by atoms with E-state index < -0.39 is 14.1 Å². The van der Waals surface area contributed by atoms with Gasteiger partial charge in [0.25, 0.3) is 0 Å². The molecule has 0 radical (unpaired) electrons. The molecule has 1 saturated heterocycles. The lowest BCUT2D eigenvalue weighted by atomic mass is 9.97. The monoisotopic (exact) mass is 400 g/mol. The fourth-order valence-corrected chi connectivity index (χ4v) is 4.31.